The molecule has 0 aliphatic carbocycles. The Labute approximate surface area is 75.9 Å². The number of rotatable bonds is 1. The van der Waals surface area contributed by atoms with Gasteiger partial charge in [-0.05, 0) is 0 Å². The predicted octanol–water partition coefficient (Wildman–Crippen LogP) is 1.36. The van der Waals surface area contributed by atoms with Crippen molar-refractivity contribution in [2.75, 3.05) is 18.1 Å². The highest BCUT2D eigenvalue weighted by Crippen LogP contribution is 2.21. The van der Waals surface area contributed by atoms with E-state index in [1.165, 1.54) is 5.75 Å². The summed E-state index contributed by atoms with van der Waals surface area (Å²) >= 11 is 1.96. The molecule has 1 aliphatic rings. The summed E-state index contributed by atoms with van der Waals surface area (Å²) in [5, 5.41) is 3.39. The van der Waals surface area contributed by atoms with Crippen molar-refractivity contribution >= 4 is 11.8 Å². The van der Waals surface area contributed by atoms with Gasteiger partial charge in [-0.2, -0.15) is 11.8 Å². The van der Waals surface area contributed by atoms with Gasteiger partial charge in [0, 0.05) is 25.0 Å². The number of nitrogens with zero attached hydrogens (tertiary/aromatic N) is 1. The fourth-order valence-corrected chi connectivity index (χ4v) is 2.23. The van der Waals surface area contributed by atoms with Crippen LogP contribution < -0.4 is 5.32 Å². The Morgan fingerprint density at radius 3 is 3.25 bits per heavy atom. The number of aryl methyl sites for hydroxylation is 1. The van der Waals surface area contributed by atoms with E-state index in [1.807, 2.05) is 24.9 Å². The molecule has 2 rings (SSSR count). The van der Waals surface area contributed by atoms with Crippen LogP contribution in [-0.2, 0) is 0 Å². The first-order valence-corrected chi connectivity index (χ1v) is 5.25. The molecule has 0 aromatic carbocycles. The second kappa shape index (κ2) is 3.49. The molecule has 0 amide bonds. The predicted molar refractivity (Wildman–Crippen MR) is 49.3 cm³/mol. The third-order valence-electron chi connectivity index (χ3n) is 1.90. The maximum atomic E-state index is 5.44. The zero-order chi connectivity index (χ0) is 8.39. The second-order valence-corrected chi connectivity index (χ2v) is 4.01. The van der Waals surface area contributed by atoms with Crippen molar-refractivity contribution in [2.24, 2.45) is 0 Å². The Balaban J connectivity index is 2.08. The third-order valence-corrected chi connectivity index (χ3v) is 2.97. The smallest absolute Gasteiger partial charge is 0.191 e. The molecule has 3 nitrogen and oxygen atoms in total. The van der Waals surface area contributed by atoms with Crippen molar-refractivity contribution in [3.05, 3.63) is 17.8 Å². The van der Waals surface area contributed by atoms with Gasteiger partial charge in [0.25, 0.3) is 0 Å². The number of aromatic nitrogens is 1. The Kier molecular flexibility index (Phi) is 2.37. The van der Waals surface area contributed by atoms with Gasteiger partial charge in [0.15, 0.2) is 5.89 Å². The van der Waals surface area contributed by atoms with Gasteiger partial charge in [-0.15, -0.1) is 0 Å². The minimum absolute atomic E-state index is 0.366. The molecule has 0 bridgehead atoms. The molecular weight excluding hydrogens is 172 g/mol. The molecule has 2 heterocycles. The van der Waals surface area contributed by atoms with Crippen molar-refractivity contribution in [3.8, 4) is 0 Å². The first-order valence-electron chi connectivity index (χ1n) is 4.10. The summed E-state index contributed by atoms with van der Waals surface area (Å²) in [4.78, 5) is 4.08. The zero-order valence-corrected chi connectivity index (χ0v) is 7.86. The van der Waals surface area contributed by atoms with E-state index in [1.54, 1.807) is 0 Å². The van der Waals surface area contributed by atoms with Gasteiger partial charge < -0.3 is 9.73 Å². The SMILES string of the molecule is Cc1ncc(C2CSCCN2)o1. The lowest BCUT2D eigenvalue weighted by molar-refractivity contribution is 0.418. The summed E-state index contributed by atoms with van der Waals surface area (Å²) in [6.07, 6.45) is 1.82. The van der Waals surface area contributed by atoms with Crippen LogP contribution in [-0.4, -0.2) is 23.0 Å². The molecule has 66 valence electrons. The van der Waals surface area contributed by atoms with E-state index in [2.05, 4.69) is 10.3 Å². The first-order chi connectivity index (χ1) is 5.86. The highest BCUT2D eigenvalue weighted by Gasteiger charge is 2.18. The van der Waals surface area contributed by atoms with E-state index >= 15 is 0 Å². The number of thioether (sulfide) groups is 1. The Hall–Kier alpha value is -0.480. The molecular formula is C8H12N2OS. The fraction of sp³-hybridized carbons (Fsp3) is 0.625. The van der Waals surface area contributed by atoms with Gasteiger partial charge >= 0.3 is 0 Å². The summed E-state index contributed by atoms with van der Waals surface area (Å²) < 4.78 is 5.44. The van der Waals surface area contributed by atoms with Crippen LogP contribution in [0.5, 0.6) is 0 Å². The average Bonchev–Trinajstić information content (AvgIpc) is 2.54. The summed E-state index contributed by atoms with van der Waals surface area (Å²) in [5.41, 5.74) is 0. The van der Waals surface area contributed by atoms with Crippen LogP contribution in [0.25, 0.3) is 0 Å². The molecule has 4 heteroatoms. The van der Waals surface area contributed by atoms with Crippen LogP contribution in [0, 0.1) is 6.92 Å². The van der Waals surface area contributed by atoms with E-state index < -0.39 is 0 Å². The van der Waals surface area contributed by atoms with Gasteiger partial charge in [0.05, 0.1) is 12.2 Å². The lowest BCUT2D eigenvalue weighted by Gasteiger charge is -2.20. The summed E-state index contributed by atoms with van der Waals surface area (Å²) in [5.74, 6) is 4.01. The van der Waals surface area contributed by atoms with Crippen LogP contribution in [0.15, 0.2) is 10.6 Å². The Morgan fingerprint density at radius 1 is 1.75 bits per heavy atom. The highest BCUT2D eigenvalue weighted by molar-refractivity contribution is 7.99. The van der Waals surface area contributed by atoms with Gasteiger partial charge in [-0.1, -0.05) is 0 Å². The molecule has 12 heavy (non-hydrogen) atoms. The maximum absolute atomic E-state index is 5.44. The van der Waals surface area contributed by atoms with Gasteiger partial charge in [0.2, 0.25) is 0 Å². The molecule has 1 atom stereocenters. The van der Waals surface area contributed by atoms with Crippen molar-refractivity contribution in [1.29, 1.82) is 0 Å². The summed E-state index contributed by atoms with van der Waals surface area (Å²) in [6, 6.07) is 0.366. The zero-order valence-electron chi connectivity index (χ0n) is 7.04. The van der Waals surface area contributed by atoms with Gasteiger partial charge in [-0.25, -0.2) is 4.98 Å². The van der Waals surface area contributed by atoms with Crippen LogP contribution in [0.2, 0.25) is 0 Å². The van der Waals surface area contributed by atoms with E-state index in [4.69, 9.17) is 4.42 Å². The molecule has 1 aromatic heterocycles. The minimum atomic E-state index is 0.366. The van der Waals surface area contributed by atoms with Gasteiger partial charge in [0.1, 0.15) is 5.76 Å². The quantitative estimate of drug-likeness (QED) is 0.715. The molecule has 1 N–H and O–H groups in total. The second-order valence-electron chi connectivity index (χ2n) is 2.86. The van der Waals surface area contributed by atoms with Crippen molar-refractivity contribution < 1.29 is 4.42 Å². The Bertz CT molecular complexity index is 255. The minimum Gasteiger partial charge on any atom is -0.444 e. The summed E-state index contributed by atoms with van der Waals surface area (Å²) in [7, 11) is 0. The van der Waals surface area contributed by atoms with Crippen molar-refractivity contribution in [1.82, 2.24) is 10.3 Å². The van der Waals surface area contributed by atoms with Crippen molar-refractivity contribution in [2.45, 2.75) is 13.0 Å². The molecule has 0 radical (unpaired) electrons. The van der Waals surface area contributed by atoms with E-state index in [-0.39, 0.29) is 0 Å². The number of hydrogen-bond donors (Lipinski definition) is 1. The van der Waals surface area contributed by atoms with Crippen LogP contribution in [0.1, 0.15) is 17.7 Å². The van der Waals surface area contributed by atoms with Crippen molar-refractivity contribution in [3.63, 3.8) is 0 Å². The van der Waals surface area contributed by atoms with Crippen LogP contribution in [0.4, 0.5) is 0 Å². The van der Waals surface area contributed by atoms with E-state index in [0.29, 0.717) is 6.04 Å². The largest absolute Gasteiger partial charge is 0.444 e. The number of nitrogens with one attached hydrogen (secondary N) is 1. The van der Waals surface area contributed by atoms with E-state index in [0.717, 1.165) is 23.9 Å². The highest BCUT2D eigenvalue weighted by atomic mass is 32.2. The first kappa shape index (κ1) is 8.13. The lowest BCUT2D eigenvalue weighted by atomic mass is 10.3. The normalized spacial score (nSPS) is 24.2. The standard InChI is InChI=1S/C8H12N2OS/c1-6-10-4-8(11-6)7-5-12-3-2-9-7/h4,7,9H,2-3,5H2,1H3. The molecule has 1 aliphatic heterocycles. The summed E-state index contributed by atoms with van der Waals surface area (Å²) in [6.45, 7) is 2.94. The third kappa shape index (κ3) is 1.64. The molecule has 1 saturated heterocycles. The van der Waals surface area contributed by atoms with Gasteiger partial charge in [-0.3, -0.25) is 0 Å². The molecule has 0 saturated carbocycles. The number of oxazole rings is 1. The van der Waals surface area contributed by atoms with E-state index in [9.17, 15) is 0 Å². The fourth-order valence-electron chi connectivity index (χ4n) is 1.29. The van der Waals surface area contributed by atoms with Crippen LogP contribution in [0.3, 0.4) is 0 Å². The molecule has 0 spiro atoms. The maximum Gasteiger partial charge on any atom is 0.191 e. The topological polar surface area (TPSA) is 38.1 Å². The van der Waals surface area contributed by atoms with Crippen LogP contribution >= 0.6 is 11.8 Å². The average molecular weight is 184 g/mol. The number of hydrogen-bond acceptors (Lipinski definition) is 4. The monoisotopic (exact) mass is 184 g/mol. The Morgan fingerprint density at radius 2 is 2.67 bits per heavy atom. The molecule has 1 aromatic rings. The molecule has 1 fully saturated rings. The molecule has 1 unspecified atom stereocenters. The lowest BCUT2D eigenvalue weighted by Crippen LogP contribution is -2.29.